The maximum absolute atomic E-state index is 12.5. The van der Waals surface area contributed by atoms with E-state index in [9.17, 15) is 4.79 Å². The molecule has 1 saturated heterocycles. The number of carbonyl (C=O) groups excluding carboxylic acids is 1. The molecule has 8 heteroatoms. The van der Waals surface area contributed by atoms with Crippen LogP contribution in [0.25, 0.3) is 22.2 Å². The first-order valence-corrected chi connectivity index (χ1v) is 9.96. The third kappa shape index (κ3) is 4.65. The average molecular weight is 391 g/mol. The normalized spacial score (nSPS) is 14.9. The first-order valence-electron chi connectivity index (χ1n) is 9.96. The number of carbonyl (C=O) groups is 1. The summed E-state index contributed by atoms with van der Waals surface area (Å²) < 4.78 is 0. The van der Waals surface area contributed by atoms with Gasteiger partial charge in [-0.2, -0.15) is 0 Å². The minimum Gasteiger partial charge on any atom is -0.367 e. The van der Waals surface area contributed by atoms with Crippen LogP contribution in [-0.2, 0) is 4.79 Å². The molecule has 0 bridgehead atoms. The summed E-state index contributed by atoms with van der Waals surface area (Å²) in [5.74, 6) is 1.24. The molecule has 0 atom stereocenters. The fourth-order valence-corrected chi connectivity index (χ4v) is 3.45. The highest BCUT2D eigenvalue weighted by molar-refractivity contribution is 5.94. The van der Waals surface area contributed by atoms with E-state index in [0.717, 1.165) is 53.9 Å². The van der Waals surface area contributed by atoms with Crippen LogP contribution in [-0.4, -0.2) is 45.2 Å². The summed E-state index contributed by atoms with van der Waals surface area (Å²) >= 11 is 0. The standard InChI is InChI=1S/C21H25N7O/c1-13(2)24-20-12-23-11-18(25-20)15-3-4-17-16(9-15)10-19(28-27-17)26-21(29)14-5-7-22-8-6-14/h3-4,9-14,22H,5-8H2,1-2H3,(H,24,25)(H,26,28,29). The molecule has 0 spiro atoms. The van der Waals surface area contributed by atoms with Gasteiger partial charge in [-0.25, -0.2) is 4.98 Å². The largest absolute Gasteiger partial charge is 0.367 e. The van der Waals surface area contributed by atoms with Gasteiger partial charge in [-0.3, -0.25) is 9.78 Å². The van der Waals surface area contributed by atoms with E-state index in [1.807, 2.05) is 24.3 Å². The second kappa shape index (κ2) is 8.48. The van der Waals surface area contributed by atoms with E-state index in [-0.39, 0.29) is 17.9 Å². The van der Waals surface area contributed by atoms with E-state index in [1.54, 1.807) is 12.4 Å². The lowest BCUT2D eigenvalue weighted by Crippen LogP contribution is -2.34. The van der Waals surface area contributed by atoms with Gasteiger partial charge >= 0.3 is 0 Å². The molecule has 1 fully saturated rings. The second-order valence-electron chi connectivity index (χ2n) is 7.61. The summed E-state index contributed by atoms with van der Waals surface area (Å²) in [6.07, 6.45) is 5.14. The molecule has 1 amide bonds. The summed E-state index contributed by atoms with van der Waals surface area (Å²) in [5.41, 5.74) is 2.47. The number of benzene rings is 1. The van der Waals surface area contributed by atoms with Gasteiger partial charge in [0.05, 0.1) is 23.6 Å². The number of amides is 1. The van der Waals surface area contributed by atoms with Gasteiger partial charge < -0.3 is 16.0 Å². The summed E-state index contributed by atoms with van der Waals surface area (Å²) in [7, 11) is 0. The molecule has 1 aliphatic rings. The Morgan fingerprint density at radius 2 is 1.93 bits per heavy atom. The van der Waals surface area contributed by atoms with Crippen LogP contribution in [0, 0.1) is 5.92 Å². The number of rotatable bonds is 5. The van der Waals surface area contributed by atoms with Crippen LogP contribution in [0.1, 0.15) is 26.7 Å². The first kappa shape index (κ1) is 19.2. The molecular formula is C21H25N7O. The number of aromatic nitrogens is 4. The second-order valence-corrected chi connectivity index (χ2v) is 7.61. The van der Waals surface area contributed by atoms with E-state index in [2.05, 4.69) is 50.0 Å². The number of hydrogen-bond acceptors (Lipinski definition) is 7. The number of fused-ring (bicyclic) bond motifs is 1. The lowest BCUT2D eigenvalue weighted by Gasteiger charge is -2.21. The Balaban J connectivity index is 1.57. The summed E-state index contributed by atoms with van der Waals surface area (Å²) in [6, 6.07) is 7.98. The summed E-state index contributed by atoms with van der Waals surface area (Å²) in [6.45, 7) is 5.86. The zero-order chi connectivity index (χ0) is 20.2. The fraction of sp³-hybridized carbons (Fsp3) is 0.381. The van der Waals surface area contributed by atoms with Gasteiger partial charge in [0.15, 0.2) is 5.82 Å². The third-order valence-corrected chi connectivity index (χ3v) is 4.91. The van der Waals surface area contributed by atoms with Crippen molar-refractivity contribution in [2.75, 3.05) is 23.7 Å². The molecule has 8 nitrogen and oxygen atoms in total. The van der Waals surface area contributed by atoms with Crippen molar-refractivity contribution in [1.82, 2.24) is 25.5 Å². The van der Waals surface area contributed by atoms with Crippen LogP contribution in [0.15, 0.2) is 36.7 Å². The number of anilines is 2. The van der Waals surface area contributed by atoms with Crippen LogP contribution in [0.3, 0.4) is 0 Å². The topological polar surface area (TPSA) is 105 Å². The van der Waals surface area contributed by atoms with E-state index < -0.39 is 0 Å². The van der Waals surface area contributed by atoms with Crippen molar-refractivity contribution >= 4 is 28.4 Å². The monoisotopic (exact) mass is 391 g/mol. The Morgan fingerprint density at radius 3 is 2.72 bits per heavy atom. The van der Waals surface area contributed by atoms with Gasteiger partial charge in [-0.1, -0.05) is 6.07 Å². The molecule has 1 aromatic carbocycles. The molecule has 2 aromatic heterocycles. The van der Waals surface area contributed by atoms with Gasteiger partial charge in [0, 0.05) is 22.9 Å². The highest BCUT2D eigenvalue weighted by Gasteiger charge is 2.21. The van der Waals surface area contributed by atoms with Crippen molar-refractivity contribution in [3.63, 3.8) is 0 Å². The smallest absolute Gasteiger partial charge is 0.228 e. The van der Waals surface area contributed by atoms with E-state index in [0.29, 0.717) is 5.82 Å². The minimum absolute atomic E-state index is 0.00892. The van der Waals surface area contributed by atoms with Gasteiger partial charge in [-0.05, 0) is 58.0 Å². The number of hydrogen-bond donors (Lipinski definition) is 3. The molecular weight excluding hydrogens is 366 g/mol. The van der Waals surface area contributed by atoms with Gasteiger partial charge in [0.2, 0.25) is 5.91 Å². The van der Waals surface area contributed by atoms with Gasteiger partial charge in [0.25, 0.3) is 0 Å². The Hall–Kier alpha value is -3.13. The number of nitrogens with zero attached hydrogens (tertiary/aromatic N) is 4. The van der Waals surface area contributed by atoms with Crippen molar-refractivity contribution in [1.29, 1.82) is 0 Å². The lowest BCUT2D eigenvalue weighted by atomic mass is 9.97. The molecule has 1 aliphatic heterocycles. The maximum Gasteiger partial charge on any atom is 0.228 e. The molecule has 0 radical (unpaired) electrons. The number of nitrogens with one attached hydrogen (secondary N) is 3. The predicted octanol–water partition coefficient (Wildman–Crippen LogP) is 2.85. The van der Waals surface area contributed by atoms with E-state index >= 15 is 0 Å². The highest BCUT2D eigenvalue weighted by atomic mass is 16.2. The molecule has 0 aliphatic carbocycles. The lowest BCUT2D eigenvalue weighted by molar-refractivity contribution is -0.120. The van der Waals surface area contributed by atoms with Crippen molar-refractivity contribution in [2.45, 2.75) is 32.7 Å². The van der Waals surface area contributed by atoms with E-state index in [1.165, 1.54) is 0 Å². The molecule has 3 heterocycles. The van der Waals surface area contributed by atoms with Gasteiger partial charge in [0.1, 0.15) is 5.82 Å². The molecule has 3 N–H and O–H groups in total. The average Bonchev–Trinajstić information content (AvgIpc) is 2.73. The summed E-state index contributed by atoms with van der Waals surface area (Å²) in [5, 5.41) is 18.7. The van der Waals surface area contributed by atoms with Crippen molar-refractivity contribution in [3.05, 3.63) is 36.7 Å². The highest BCUT2D eigenvalue weighted by Crippen LogP contribution is 2.24. The SMILES string of the molecule is CC(C)Nc1cncc(-c2ccc3nnc(NC(=O)C4CCNCC4)cc3c2)n1. The maximum atomic E-state index is 12.5. The quantitative estimate of drug-likeness (QED) is 0.614. The third-order valence-electron chi connectivity index (χ3n) is 4.91. The van der Waals surface area contributed by atoms with E-state index in [4.69, 9.17) is 0 Å². The van der Waals surface area contributed by atoms with Crippen molar-refractivity contribution in [2.24, 2.45) is 5.92 Å². The predicted molar refractivity (Wildman–Crippen MR) is 114 cm³/mol. The molecule has 0 saturated carbocycles. The summed E-state index contributed by atoms with van der Waals surface area (Å²) in [4.78, 5) is 21.4. The van der Waals surface area contributed by atoms with Crippen molar-refractivity contribution < 1.29 is 4.79 Å². The molecule has 0 unspecified atom stereocenters. The molecule has 29 heavy (non-hydrogen) atoms. The zero-order valence-electron chi connectivity index (χ0n) is 16.6. The van der Waals surface area contributed by atoms with Crippen LogP contribution in [0.4, 0.5) is 11.6 Å². The minimum atomic E-state index is 0.00892. The fourth-order valence-electron chi connectivity index (χ4n) is 3.45. The Morgan fingerprint density at radius 1 is 1.10 bits per heavy atom. The molecule has 4 rings (SSSR count). The first-order chi connectivity index (χ1) is 14.1. The Labute approximate surface area is 169 Å². The van der Waals surface area contributed by atoms with Gasteiger partial charge in [-0.15, -0.1) is 10.2 Å². The van der Waals surface area contributed by atoms with Crippen LogP contribution in [0.5, 0.6) is 0 Å². The van der Waals surface area contributed by atoms with Crippen LogP contribution >= 0.6 is 0 Å². The zero-order valence-corrected chi connectivity index (χ0v) is 16.6. The van der Waals surface area contributed by atoms with Crippen LogP contribution < -0.4 is 16.0 Å². The van der Waals surface area contributed by atoms with Crippen LogP contribution in [0.2, 0.25) is 0 Å². The Kier molecular flexibility index (Phi) is 5.62. The molecule has 150 valence electrons. The van der Waals surface area contributed by atoms with Crippen molar-refractivity contribution in [3.8, 4) is 11.3 Å². The molecule has 3 aromatic rings. The Bertz CT molecular complexity index is 1010. The number of piperidine rings is 1.